The number of rotatable bonds is 1. The smallest absolute Gasteiger partial charge is 0.251 e. The van der Waals surface area contributed by atoms with Crippen molar-refractivity contribution in [2.24, 2.45) is 5.92 Å². The van der Waals surface area contributed by atoms with Crippen LogP contribution in [0.25, 0.3) is 0 Å². The van der Waals surface area contributed by atoms with E-state index in [1.54, 1.807) is 25.1 Å². The topological polar surface area (TPSA) is 21.3 Å². The van der Waals surface area contributed by atoms with Gasteiger partial charge in [-0.05, 0) is 13.0 Å². The van der Waals surface area contributed by atoms with Gasteiger partial charge in [-0.25, -0.2) is 13.2 Å². The monoisotopic (exact) mass is 257 g/mol. The quantitative estimate of drug-likeness (QED) is 0.835. The molecule has 2 aliphatic rings. The van der Waals surface area contributed by atoms with Crippen LogP contribution in [0.2, 0.25) is 0 Å². The molecule has 5 heteroatoms. The average Bonchev–Trinajstić information content (AvgIpc) is 2.76. The number of hydrogen-bond acceptors (Lipinski definition) is 2. The summed E-state index contributed by atoms with van der Waals surface area (Å²) in [5.41, 5.74) is 2.25. The van der Waals surface area contributed by atoms with E-state index < -0.39 is 29.3 Å². The second-order valence-corrected chi connectivity index (χ2v) is 5.31. The second-order valence-electron chi connectivity index (χ2n) is 5.31. The van der Waals surface area contributed by atoms with E-state index in [0.717, 1.165) is 0 Å². The Kier molecular flexibility index (Phi) is 2.47. The Morgan fingerprint density at radius 3 is 2.72 bits per heavy atom. The van der Waals surface area contributed by atoms with Crippen LogP contribution in [0.3, 0.4) is 0 Å². The Labute approximate surface area is 103 Å². The molecule has 2 nitrogen and oxygen atoms in total. The fraction of sp³-hybridized carbons (Fsp3) is 0.538. The third-order valence-corrected chi connectivity index (χ3v) is 4.06. The van der Waals surface area contributed by atoms with Gasteiger partial charge in [0.25, 0.3) is 5.92 Å². The van der Waals surface area contributed by atoms with Crippen LogP contribution in [0.1, 0.15) is 25.3 Å². The van der Waals surface area contributed by atoms with Crippen molar-refractivity contribution in [3.8, 4) is 0 Å². The predicted molar refractivity (Wildman–Crippen MR) is 59.4 cm³/mol. The van der Waals surface area contributed by atoms with Gasteiger partial charge in [0.15, 0.2) is 0 Å². The normalized spacial score (nSPS) is 37.8. The summed E-state index contributed by atoms with van der Waals surface area (Å²) in [6.45, 7) is 1.72. The van der Waals surface area contributed by atoms with Crippen molar-refractivity contribution in [3.63, 3.8) is 0 Å². The highest BCUT2D eigenvalue weighted by Crippen LogP contribution is 2.51. The molecule has 3 rings (SSSR count). The first-order chi connectivity index (χ1) is 8.42. The Bertz CT molecular complexity index is 479. The van der Waals surface area contributed by atoms with E-state index in [1.165, 1.54) is 6.07 Å². The van der Waals surface area contributed by atoms with Gasteiger partial charge in [0.2, 0.25) is 0 Å². The maximum absolute atomic E-state index is 13.9. The van der Waals surface area contributed by atoms with Crippen LogP contribution in [0, 0.1) is 11.7 Å². The number of nitrogens with one attached hydrogen (secondary N) is 1. The van der Waals surface area contributed by atoms with Crippen LogP contribution >= 0.6 is 0 Å². The molecule has 1 aliphatic heterocycles. The van der Waals surface area contributed by atoms with E-state index in [2.05, 4.69) is 5.48 Å². The largest absolute Gasteiger partial charge is 0.297 e. The first kappa shape index (κ1) is 12.0. The number of benzene rings is 1. The molecule has 1 saturated heterocycles. The standard InChI is InChI=1S/C13H14F3NO/c1-12(8-4-2-3-5-10(8)14)9-6-13(15,16)7-11(9)18-17-12/h2-5,9,11,17H,6-7H2,1H3/t9-,11+,12+/m1/s1. The maximum Gasteiger partial charge on any atom is 0.251 e. The van der Waals surface area contributed by atoms with Gasteiger partial charge in [0, 0.05) is 24.3 Å². The Hall–Kier alpha value is -1.07. The molecule has 0 bridgehead atoms. The molecule has 1 aromatic carbocycles. The SMILES string of the molecule is C[C@@]1(c2ccccc2F)NO[C@H]2CC(F)(F)C[C@H]21. The molecule has 0 aromatic heterocycles. The van der Waals surface area contributed by atoms with Crippen LogP contribution in [0.15, 0.2) is 24.3 Å². The van der Waals surface area contributed by atoms with E-state index in [-0.39, 0.29) is 12.8 Å². The summed E-state index contributed by atoms with van der Waals surface area (Å²) in [7, 11) is 0. The molecule has 1 aliphatic carbocycles. The second kappa shape index (κ2) is 3.71. The summed E-state index contributed by atoms with van der Waals surface area (Å²) in [4.78, 5) is 5.24. The summed E-state index contributed by atoms with van der Waals surface area (Å²) in [6.07, 6.45) is -1.12. The average molecular weight is 257 g/mol. The van der Waals surface area contributed by atoms with Gasteiger partial charge in [-0.3, -0.25) is 4.84 Å². The highest BCUT2D eigenvalue weighted by Gasteiger charge is 2.59. The summed E-state index contributed by atoms with van der Waals surface area (Å²) in [6, 6.07) is 6.23. The lowest BCUT2D eigenvalue weighted by Gasteiger charge is -2.30. The fourth-order valence-corrected chi connectivity index (χ4v) is 3.08. The minimum atomic E-state index is -2.72. The van der Waals surface area contributed by atoms with E-state index in [1.807, 2.05) is 0 Å². The lowest BCUT2D eigenvalue weighted by atomic mass is 9.79. The van der Waals surface area contributed by atoms with E-state index in [9.17, 15) is 13.2 Å². The molecule has 1 aromatic rings. The van der Waals surface area contributed by atoms with Crippen molar-refractivity contribution >= 4 is 0 Å². The molecule has 3 atom stereocenters. The zero-order valence-corrected chi connectivity index (χ0v) is 9.92. The van der Waals surface area contributed by atoms with E-state index in [4.69, 9.17) is 4.84 Å². The number of hydroxylamine groups is 1. The highest BCUT2D eigenvalue weighted by molar-refractivity contribution is 5.28. The first-order valence-corrected chi connectivity index (χ1v) is 5.98. The third-order valence-electron chi connectivity index (χ3n) is 4.06. The minimum absolute atomic E-state index is 0.268. The molecule has 0 amide bonds. The fourth-order valence-electron chi connectivity index (χ4n) is 3.08. The molecule has 2 fully saturated rings. The zero-order chi connectivity index (χ0) is 13.0. The highest BCUT2D eigenvalue weighted by atomic mass is 19.3. The van der Waals surface area contributed by atoms with Gasteiger partial charge in [-0.1, -0.05) is 18.2 Å². The van der Waals surface area contributed by atoms with Gasteiger partial charge < -0.3 is 0 Å². The molecule has 0 radical (unpaired) electrons. The first-order valence-electron chi connectivity index (χ1n) is 5.98. The van der Waals surface area contributed by atoms with Crippen LogP contribution < -0.4 is 5.48 Å². The van der Waals surface area contributed by atoms with Gasteiger partial charge in [0.1, 0.15) is 5.82 Å². The number of hydrogen-bond donors (Lipinski definition) is 1. The van der Waals surface area contributed by atoms with Crippen molar-refractivity contribution < 1.29 is 18.0 Å². The van der Waals surface area contributed by atoms with Crippen molar-refractivity contribution in [1.29, 1.82) is 0 Å². The molecule has 98 valence electrons. The minimum Gasteiger partial charge on any atom is -0.297 e. The van der Waals surface area contributed by atoms with Crippen LogP contribution in [0.4, 0.5) is 13.2 Å². The lowest BCUT2D eigenvalue weighted by molar-refractivity contribution is -0.0509. The van der Waals surface area contributed by atoms with Gasteiger partial charge in [-0.2, -0.15) is 5.48 Å². The summed E-state index contributed by atoms with van der Waals surface area (Å²) < 4.78 is 40.7. The van der Waals surface area contributed by atoms with Crippen LogP contribution in [0.5, 0.6) is 0 Å². The molecule has 1 saturated carbocycles. The van der Waals surface area contributed by atoms with Gasteiger partial charge in [0.05, 0.1) is 11.6 Å². The van der Waals surface area contributed by atoms with Gasteiger partial charge >= 0.3 is 0 Å². The van der Waals surface area contributed by atoms with E-state index in [0.29, 0.717) is 5.56 Å². The molecular formula is C13H14F3NO. The number of fused-ring (bicyclic) bond motifs is 1. The zero-order valence-electron chi connectivity index (χ0n) is 9.92. The molecule has 0 unspecified atom stereocenters. The summed E-state index contributed by atoms with van der Waals surface area (Å²) >= 11 is 0. The van der Waals surface area contributed by atoms with Crippen molar-refractivity contribution in [3.05, 3.63) is 35.6 Å². The van der Waals surface area contributed by atoms with Crippen molar-refractivity contribution in [2.75, 3.05) is 0 Å². The van der Waals surface area contributed by atoms with Crippen molar-refractivity contribution in [1.82, 2.24) is 5.48 Å². The molecule has 1 heterocycles. The maximum atomic E-state index is 13.9. The predicted octanol–water partition coefficient (Wildman–Crippen LogP) is 2.99. The van der Waals surface area contributed by atoms with Crippen molar-refractivity contribution in [2.45, 2.75) is 37.3 Å². The Morgan fingerprint density at radius 1 is 1.28 bits per heavy atom. The summed E-state index contributed by atoms with van der Waals surface area (Å²) in [5.74, 6) is -3.53. The van der Waals surface area contributed by atoms with Crippen LogP contribution in [-0.2, 0) is 10.4 Å². The number of alkyl halides is 2. The molecule has 0 spiro atoms. The molecule has 18 heavy (non-hydrogen) atoms. The number of halogens is 3. The summed E-state index contributed by atoms with van der Waals surface area (Å²) in [5, 5.41) is 0. The van der Waals surface area contributed by atoms with Crippen LogP contribution in [-0.4, -0.2) is 12.0 Å². The Balaban J connectivity index is 1.99. The third kappa shape index (κ3) is 1.65. The Morgan fingerprint density at radius 2 is 2.00 bits per heavy atom. The molecule has 1 N–H and O–H groups in total. The van der Waals surface area contributed by atoms with E-state index >= 15 is 0 Å². The van der Waals surface area contributed by atoms with Gasteiger partial charge in [-0.15, -0.1) is 0 Å². The lowest BCUT2D eigenvalue weighted by Crippen LogP contribution is -2.40. The molecular weight excluding hydrogens is 243 g/mol.